The molecule has 0 heterocycles. The van der Waals surface area contributed by atoms with Crippen molar-refractivity contribution < 1.29 is 13.9 Å². The Labute approximate surface area is 141 Å². The SMILES string of the molecule is C=C1c2cc(OC)ccc2CC[C@@]1(F)CNC(=O)c1ccccc1. The molecule has 0 saturated heterocycles. The predicted molar refractivity (Wildman–Crippen MR) is 93.0 cm³/mol. The van der Waals surface area contributed by atoms with E-state index in [1.54, 1.807) is 31.4 Å². The lowest BCUT2D eigenvalue weighted by molar-refractivity contribution is 0.0924. The summed E-state index contributed by atoms with van der Waals surface area (Å²) < 4.78 is 20.6. The minimum Gasteiger partial charge on any atom is -0.497 e. The summed E-state index contributed by atoms with van der Waals surface area (Å²) in [7, 11) is 1.58. The van der Waals surface area contributed by atoms with Gasteiger partial charge in [0, 0.05) is 5.56 Å². The second-order valence-corrected chi connectivity index (χ2v) is 6.02. The highest BCUT2D eigenvalue weighted by molar-refractivity contribution is 5.94. The first kappa shape index (κ1) is 16.2. The molecular formula is C20H20FNO2. The number of hydrogen-bond donors (Lipinski definition) is 1. The number of fused-ring (bicyclic) bond motifs is 1. The Morgan fingerprint density at radius 2 is 2.04 bits per heavy atom. The van der Waals surface area contributed by atoms with E-state index < -0.39 is 5.67 Å². The number of nitrogens with one attached hydrogen (secondary N) is 1. The number of hydrogen-bond acceptors (Lipinski definition) is 2. The van der Waals surface area contributed by atoms with E-state index in [2.05, 4.69) is 11.9 Å². The van der Waals surface area contributed by atoms with Gasteiger partial charge in [0.05, 0.1) is 13.7 Å². The lowest BCUT2D eigenvalue weighted by Crippen LogP contribution is -2.42. The molecule has 1 atom stereocenters. The predicted octanol–water partition coefficient (Wildman–Crippen LogP) is 3.79. The van der Waals surface area contributed by atoms with Crippen molar-refractivity contribution in [1.29, 1.82) is 0 Å². The first-order chi connectivity index (χ1) is 11.5. The first-order valence-corrected chi connectivity index (χ1v) is 7.92. The smallest absolute Gasteiger partial charge is 0.251 e. The van der Waals surface area contributed by atoms with E-state index in [9.17, 15) is 4.79 Å². The molecule has 24 heavy (non-hydrogen) atoms. The molecule has 124 valence electrons. The summed E-state index contributed by atoms with van der Waals surface area (Å²) in [6.07, 6.45) is 0.913. The fraction of sp³-hybridized carbons (Fsp3) is 0.250. The number of benzene rings is 2. The number of alkyl halides is 1. The Balaban J connectivity index is 1.76. The molecule has 2 aromatic carbocycles. The minimum atomic E-state index is -1.65. The Morgan fingerprint density at radius 1 is 1.29 bits per heavy atom. The number of carbonyl (C=O) groups is 1. The quantitative estimate of drug-likeness (QED) is 0.929. The van der Waals surface area contributed by atoms with Gasteiger partial charge in [-0.3, -0.25) is 4.79 Å². The van der Waals surface area contributed by atoms with Gasteiger partial charge >= 0.3 is 0 Å². The highest BCUT2D eigenvalue weighted by atomic mass is 19.1. The molecule has 4 heteroatoms. The molecule has 0 aromatic heterocycles. The summed E-state index contributed by atoms with van der Waals surface area (Å²) in [6, 6.07) is 14.4. The number of halogens is 1. The van der Waals surface area contributed by atoms with Crippen LogP contribution in [0.1, 0.15) is 27.9 Å². The van der Waals surface area contributed by atoms with Crippen LogP contribution in [-0.4, -0.2) is 25.2 Å². The van der Waals surface area contributed by atoms with Crippen LogP contribution in [0.5, 0.6) is 5.75 Å². The van der Waals surface area contributed by atoms with Crippen LogP contribution in [0, 0.1) is 0 Å². The number of aryl methyl sites for hydroxylation is 1. The van der Waals surface area contributed by atoms with Gasteiger partial charge in [0.25, 0.3) is 5.91 Å². The largest absolute Gasteiger partial charge is 0.497 e. The number of carbonyl (C=O) groups excluding carboxylic acids is 1. The van der Waals surface area contributed by atoms with E-state index in [0.29, 0.717) is 29.7 Å². The molecule has 0 unspecified atom stereocenters. The molecule has 0 saturated carbocycles. The third-order valence-corrected chi connectivity index (χ3v) is 4.54. The standard InChI is InChI=1S/C20H20FNO2/c1-14-18-12-17(24-2)9-8-15(18)10-11-20(14,21)13-22-19(23)16-6-4-3-5-7-16/h3-9,12H,1,10-11,13H2,2H3,(H,22,23)/t20-/m1/s1. The third kappa shape index (κ3) is 3.04. The van der Waals surface area contributed by atoms with E-state index >= 15 is 4.39 Å². The number of rotatable bonds is 4. The van der Waals surface area contributed by atoms with Crippen molar-refractivity contribution in [3.63, 3.8) is 0 Å². The number of amides is 1. The topological polar surface area (TPSA) is 38.3 Å². The first-order valence-electron chi connectivity index (χ1n) is 7.92. The summed E-state index contributed by atoms with van der Waals surface area (Å²) in [4.78, 5) is 12.2. The Kier molecular flexibility index (Phi) is 4.38. The lowest BCUT2D eigenvalue weighted by Gasteiger charge is -2.33. The summed E-state index contributed by atoms with van der Waals surface area (Å²) in [5.41, 5.74) is 1.10. The zero-order valence-electron chi connectivity index (χ0n) is 13.6. The molecular weight excluding hydrogens is 305 g/mol. The van der Waals surface area contributed by atoms with Crippen LogP contribution < -0.4 is 10.1 Å². The van der Waals surface area contributed by atoms with Crippen LogP contribution in [0.15, 0.2) is 55.1 Å². The van der Waals surface area contributed by atoms with Crippen molar-refractivity contribution >= 4 is 11.5 Å². The fourth-order valence-corrected chi connectivity index (χ4v) is 3.01. The lowest BCUT2D eigenvalue weighted by atomic mass is 9.78. The highest BCUT2D eigenvalue weighted by Gasteiger charge is 2.38. The normalized spacial score (nSPS) is 19.5. The molecule has 3 rings (SSSR count). The monoisotopic (exact) mass is 325 g/mol. The third-order valence-electron chi connectivity index (χ3n) is 4.54. The van der Waals surface area contributed by atoms with Crippen LogP contribution >= 0.6 is 0 Å². The maximum absolute atomic E-state index is 15.4. The molecule has 1 N–H and O–H groups in total. The van der Waals surface area contributed by atoms with Crippen molar-refractivity contribution in [1.82, 2.24) is 5.32 Å². The number of methoxy groups -OCH3 is 1. The highest BCUT2D eigenvalue weighted by Crippen LogP contribution is 2.41. The summed E-state index contributed by atoms with van der Waals surface area (Å²) in [5, 5.41) is 2.69. The van der Waals surface area contributed by atoms with Crippen LogP contribution in [0.25, 0.3) is 5.57 Å². The van der Waals surface area contributed by atoms with Crippen LogP contribution in [-0.2, 0) is 6.42 Å². The van der Waals surface area contributed by atoms with Crippen molar-refractivity contribution in [2.45, 2.75) is 18.5 Å². The summed E-state index contributed by atoms with van der Waals surface area (Å²) >= 11 is 0. The molecule has 3 nitrogen and oxygen atoms in total. The second kappa shape index (κ2) is 6.48. The van der Waals surface area contributed by atoms with Gasteiger partial charge in [-0.05, 0) is 53.8 Å². The molecule has 1 aliphatic rings. The van der Waals surface area contributed by atoms with Crippen molar-refractivity contribution in [3.05, 3.63) is 71.8 Å². The summed E-state index contributed by atoms with van der Waals surface area (Å²) in [6.45, 7) is 3.87. The molecule has 0 aliphatic heterocycles. The molecule has 1 amide bonds. The maximum Gasteiger partial charge on any atom is 0.251 e. The van der Waals surface area contributed by atoms with Crippen LogP contribution in [0.3, 0.4) is 0 Å². The van der Waals surface area contributed by atoms with Gasteiger partial charge < -0.3 is 10.1 Å². The van der Waals surface area contributed by atoms with Crippen molar-refractivity contribution in [2.75, 3.05) is 13.7 Å². The Hall–Kier alpha value is -2.62. The van der Waals surface area contributed by atoms with Crippen LogP contribution in [0.2, 0.25) is 0 Å². The van der Waals surface area contributed by atoms with E-state index in [4.69, 9.17) is 4.74 Å². The van der Waals surface area contributed by atoms with E-state index in [-0.39, 0.29) is 12.5 Å². The van der Waals surface area contributed by atoms with Crippen molar-refractivity contribution in [3.8, 4) is 5.75 Å². The molecule has 0 bridgehead atoms. The van der Waals surface area contributed by atoms with Crippen molar-refractivity contribution in [2.24, 2.45) is 0 Å². The molecule has 2 aromatic rings. The van der Waals surface area contributed by atoms with E-state index in [0.717, 1.165) is 11.1 Å². The summed E-state index contributed by atoms with van der Waals surface area (Å²) in [5.74, 6) is 0.393. The Bertz CT molecular complexity index is 772. The van der Waals surface area contributed by atoms with Gasteiger partial charge in [0.1, 0.15) is 5.75 Å². The van der Waals surface area contributed by atoms with E-state index in [1.807, 2.05) is 24.3 Å². The van der Waals surface area contributed by atoms with Gasteiger partial charge in [-0.15, -0.1) is 0 Å². The van der Waals surface area contributed by atoms with Gasteiger partial charge in [0.2, 0.25) is 0 Å². The molecule has 0 fully saturated rings. The molecule has 0 spiro atoms. The Morgan fingerprint density at radius 3 is 2.75 bits per heavy atom. The average Bonchev–Trinajstić information content (AvgIpc) is 2.63. The molecule has 0 radical (unpaired) electrons. The second-order valence-electron chi connectivity index (χ2n) is 6.02. The molecule has 1 aliphatic carbocycles. The number of ether oxygens (including phenoxy) is 1. The van der Waals surface area contributed by atoms with Gasteiger partial charge in [0.15, 0.2) is 5.67 Å². The van der Waals surface area contributed by atoms with Gasteiger partial charge in [-0.25, -0.2) is 4.39 Å². The average molecular weight is 325 g/mol. The van der Waals surface area contributed by atoms with Gasteiger partial charge in [-0.2, -0.15) is 0 Å². The fourth-order valence-electron chi connectivity index (χ4n) is 3.01. The maximum atomic E-state index is 15.4. The minimum absolute atomic E-state index is 0.0871. The van der Waals surface area contributed by atoms with E-state index in [1.165, 1.54) is 0 Å². The zero-order chi connectivity index (χ0) is 17.2. The van der Waals surface area contributed by atoms with Gasteiger partial charge in [-0.1, -0.05) is 30.8 Å². The zero-order valence-corrected chi connectivity index (χ0v) is 13.6. The van der Waals surface area contributed by atoms with Crippen LogP contribution in [0.4, 0.5) is 4.39 Å².